The van der Waals surface area contributed by atoms with E-state index in [1.807, 2.05) is 26.0 Å². The molecule has 1 rings (SSSR count). The van der Waals surface area contributed by atoms with Gasteiger partial charge in [0.15, 0.2) is 6.29 Å². The normalized spacial score (nSPS) is 13.2. The van der Waals surface area contributed by atoms with Crippen molar-refractivity contribution in [2.24, 2.45) is 0 Å². The highest BCUT2D eigenvalue weighted by Gasteiger charge is 2.24. The van der Waals surface area contributed by atoms with Crippen LogP contribution in [0.3, 0.4) is 0 Å². The van der Waals surface area contributed by atoms with Gasteiger partial charge in [0.1, 0.15) is 0 Å². The van der Waals surface area contributed by atoms with Crippen LogP contribution in [0.2, 0.25) is 4.34 Å². The van der Waals surface area contributed by atoms with E-state index >= 15 is 0 Å². The van der Waals surface area contributed by atoms with E-state index in [0.717, 1.165) is 15.8 Å². The minimum atomic E-state index is -0.264. The van der Waals surface area contributed by atoms with Gasteiger partial charge in [-0.3, -0.25) is 0 Å². The molecule has 1 unspecified atom stereocenters. The minimum Gasteiger partial charge on any atom is -0.351 e. The molecule has 98 valence electrons. The molecule has 0 saturated heterocycles. The van der Waals surface area contributed by atoms with Gasteiger partial charge in [0.2, 0.25) is 0 Å². The maximum Gasteiger partial charge on any atom is 0.177 e. The minimum absolute atomic E-state index is 0.0393. The Morgan fingerprint density at radius 3 is 2.29 bits per heavy atom. The summed E-state index contributed by atoms with van der Waals surface area (Å²) in [5.74, 6) is 0. The molecule has 0 radical (unpaired) electrons. The maximum atomic E-state index is 5.97. The molecule has 5 heteroatoms. The van der Waals surface area contributed by atoms with Gasteiger partial charge in [0.25, 0.3) is 0 Å². The molecular formula is C12H20ClNO2S. The maximum absolute atomic E-state index is 5.97. The Kier molecular flexibility index (Phi) is 7.08. The Labute approximate surface area is 112 Å². The predicted molar refractivity (Wildman–Crippen MR) is 72.8 cm³/mol. The third-order valence-corrected chi connectivity index (χ3v) is 3.57. The van der Waals surface area contributed by atoms with Gasteiger partial charge in [-0.1, -0.05) is 18.5 Å². The Morgan fingerprint density at radius 1 is 1.24 bits per heavy atom. The van der Waals surface area contributed by atoms with Gasteiger partial charge in [0.05, 0.1) is 10.4 Å². The van der Waals surface area contributed by atoms with Gasteiger partial charge in [-0.15, -0.1) is 11.3 Å². The molecule has 0 spiro atoms. The van der Waals surface area contributed by atoms with Crippen LogP contribution in [0.4, 0.5) is 0 Å². The van der Waals surface area contributed by atoms with E-state index in [1.165, 1.54) is 0 Å². The highest BCUT2D eigenvalue weighted by molar-refractivity contribution is 7.16. The molecule has 0 fully saturated rings. The molecule has 0 aliphatic rings. The Hall–Kier alpha value is -0.130. The summed E-state index contributed by atoms with van der Waals surface area (Å²) in [5, 5.41) is 3.38. The van der Waals surface area contributed by atoms with Crippen LogP contribution in [0.1, 0.15) is 31.7 Å². The summed E-state index contributed by atoms with van der Waals surface area (Å²) in [7, 11) is 0. The quantitative estimate of drug-likeness (QED) is 0.738. The van der Waals surface area contributed by atoms with Crippen molar-refractivity contribution >= 4 is 22.9 Å². The predicted octanol–water partition coefficient (Wildman–Crippen LogP) is 3.45. The van der Waals surface area contributed by atoms with Crippen LogP contribution in [0, 0.1) is 0 Å². The molecule has 1 aromatic rings. The van der Waals surface area contributed by atoms with Gasteiger partial charge in [0, 0.05) is 18.1 Å². The first-order valence-corrected chi connectivity index (χ1v) is 7.14. The molecule has 3 nitrogen and oxygen atoms in total. The topological polar surface area (TPSA) is 30.5 Å². The van der Waals surface area contributed by atoms with Crippen molar-refractivity contribution in [3.63, 3.8) is 0 Å². The van der Waals surface area contributed by atoms with Gasteiger partial charge in [-0.05, 0) is 32.5 Å². The van der Waals surface area contributed by atoms with Gasteiger partial charge in [-0.25, -0.2) is 0 Å². The zero-order chi connectivity index (χ0) is 12.7. The van der Waals surface area contributed by atoms with Crippen LogP contribution in [0.5, 0.6) is 0 Å². The van der Waals surface area contributed by atoms with Crippen LogP contribution < -0.4 is 5.32 Å². The summed E-state index contributed by atoms with van der Waals surface area (Å²) in [6.07, 6.45) is -0.264. The molecule has 0 aliphatic heterocycles. The number of rotatable bonds is 8. The van der Waals surface area contributed by atoms with Crippen molar-refractivity contribution in [2.45, 2.75) is 33.1 Å². The monoisotopic (exact) mass is 277 g/mol. The van der Waals surface area contributed by atoms with E-state index in [0.29, 0.717) is 13.2 Å². The molecule has 0 aromatic carbocycles. The lowest BCUT2D eigenvalue weighted by molar-refractivity contribution is -0.154. The molecule has 1 aromatic heterocycles. The zero-order valence-corrected chi connectivity index (χ0v) is 12.1. The number of hydrogen-bond acceptors (Lipinski definition) is 4. The van der Waals surface area contributed by atoms with Gasteiger partial charge < -0.3 is 14.8 Å². The Balaban J connectivity index is 2.80. The second-order valence-electron chi connectivity index (χ2n) is 3.46. The lowest BCUT2D eigenvalue weighted by atomic mass is 10.2. The molecule has 0 amide bonds. The summed E-state index contributed by atoms with van der Waals surface area (Å²) in [6, 6.07) is 3.96. The van der Waals surface area contributed by atoms with Crippen molar-refractivity contribution < 1.29 is 9.47 Å². The molecule has 0 aliphatic carbocycles. The van der Waals surface area contributed by atoms with Crippen molar-refractivity contribution in [1.82, 2.24) is 5.32 Å². The summed E-state index contributed by atoms with van der Waals surface area (Å²) in [4.78, 5) is 1.14. The summed E-state index contributed by atoms with van der Waals surface area (Å²) >= 11 is 7.53. The number of likely N-dealkylation sites (N-methyl/N-ethyl adjacent to an activating group) is 1. The molecular weight excluding hydrogens is 258 g/mol. The highest BCUT2D eigenvalue weighted by Crippen LogP contribution is 2.30. The smallest absolute Gasteiger partial charge is 0.177 e. The van der Waals surface area contributed by atoms with Crippen molar-refractivity contribution in [3.8, 4) is 0 Å². The Morgan fingerprint density at radius 2 is 1.88 bits per heavy atom. The van der Waals surface area contributed by atoms with Crippen molar-refractivity contribution in [1.29, 1.82) is 0 Å². The fourth-order valence-electron chi connectivity index (χ4n) is 1.62. The standard InChI is InChI=1S/C12H20ClNO2S/c1-4-14-11(9-7-8-10(13)17-9)12(15-5-2)16-6-3/h7-8,11-12,14H,4-6H2,1-3H3. The van der Waals surface area contributed by atoms with Gasteiger partial charge >= 0.3 is 0 Å². The number of ether oxygens (including phenoxy) is 2. The fraction of sp³-hybridized carbons (Fsp3) is 0.667. The van der Waals surface area contributed by atoms with Crippen molar-refractivity contribution in [3.05, 3.63) is 21.3 Å². The first kappa shape index (κ1) is 14.9. The number of nitrogens with one attached hydrogen (secondary N) is 1. The van der Waals surface area contributed by atoms with E-state index in [4.69, 9.17) is 21.1 Å². The summed E-state index contributed by atoms with van der Waals surface area (Å²) in [5.41, 5.74) is 0. The third-order valence-electron chi connectivity index (χ3n) is 2.26. The molecule has 1 atom stereocenters. The number of hydrogen-bond donors (Lipinski definition) is 1. The van der Waals surface area contributed by atoms with Crippen LogP contribution in [-0.2, 0) is 9.47 Å². The molecule has 1 N–H and O–H groups in total. The molecule has 0 saturated carbocycles. The molecule has 17 heavy (non-hydrogen) atoms. The lowest BCUT2D eigenvalue weighted by Crippen LogP contribution is -2.35. The van der Waals surface area contributed by atoms with E-state index in [2.05, 4.69) is 12.2 Å². The van der Waals surface area contributed by atoms with E-state index in [1.54, 1.807) is 11.3 Å². The van der Waals surface area contributed by atoms with Crippen LogP contribution in [-0.4, -0.2) is 26.0 Å². The summed E-state index contributed by atoms with van der Waals surface area (Å²) < 4.78 is 12.1. The van der Waals surface area contributed by atoms with Crippen LogP contribution >= 0.6 is 22.9 Å². The number of halogens is 1. The first-order chi connectivity index (χ1) is 8.22. The van der Waals surface area contributed by atoms with Gasteiger partial charge in [-0.2, -0.15) is 0 Å². The second kappa shape index (κ2) is 8.06. The SMILES string of the molecule is CCNC(c1ccc(Cl)s1)C(OCC)OCC. The first-order valence-electron chi connectivity index (χ1n) is 5.94. The number of thiophene rings is 1. The fourth-order valence-corrected chi connectivity index (χ4v) is 2.76. The second-order valence-corrected chi connectivity index (χ2v) is 5.20. The lowest BCUT2D eigenvalue weighted by Gasteiger charge is -2.26. The van der Waals surface area contributed by atoms with Crippen LogP contribution in [0.15, 0.2) is 12.1 Å². The largest absolute Gasteiger partial charge is 0.351 e. The average Bonchev–Trinajstić information content (AvgIpc) is 2.72. The average molecular weight is 278 g/mol. The van der Waals surface area contributed by atoms with Crippen LogP contribution in [0.25, 0.3) is 0 Å². The van der Waals surface area contributed by atoms with Crippen molar-refractivity contribution in [2.75, 3.05) is 19.8 Å². The Bertz CT molecular complexity index is 313. The van der Waals surface area contributed by atoms with E-state index in [9.17, 15) is 0 Å². The molecule has 0 bridgehead atoms. The van der Waals surface area contributed by atoms with E-state index in [-0.39, 0.29) is 12.3 Å². The summed E-state index contributed by atoms with van der Waals surface area (Å²) in [6.45, 7) is 8.12. The highest BCUT2D eigenvalue weighted by atomic mass is 35.5. The third kappa shape index (κ3) is 4.56. The van der Waals surface area contributed by atoms with E-state index < -0.39 is 0 Å². The molecule has 1 heterocycles. The zero-order valence-electron chi connectivity index (χ0n) is 10.5.